The van der Waals surface area contributed by atoms with Gasteiger partial charge in [0.2, 0.25) is 6.79 Å². The minimum Gasteiger partial charge on any atom is -0.481 e. The number of para-hydroxylation sites is 1. The third-order valence-corrected chi connectivity index (χ3v) is 3.93. The molecule has 0 unspecified atom stereocenters. The Bertz CT molecular complexity index is 729. The largest absolute Gasteiger partial charge is 0.481 e. The van der Waals surface area contributed by atoms with E-state index in [1.165, 1.54) is 0 Å². The molecule has 1 N–H and O–H groups in total. The predicted octanol–water partition coefficient (Wildman–Crippen LogP) is 3.06. The first kappa shape index (κ1) is 16.2. The van der Waals surface area contributed by atoms with Crippen LogP contribution in [0.3, 0.4) is 0 Å². The Balaban J connectivity index is 1.56. The van der Waals surface area contributed by atoms with Gasteiger partial charge in [0.1, 0.15) is 5.75 Å². The van der Waals surface area contributed by atoms with E-state index < -0.39 is 6.10 Å². The fourth-order valence-electron chi connectivity index (χ4n) is 2.54. The van der Waals surface area contributed by atoms with Gasteiger partial charge in [-0.15, -0.1) is 0 Å². The van der Waals surface area contributed by atoms with Crippen molar-refractivity contribution in [3.05, 3.63) is 53.6 Å². The van der Waals surface area contributed by atoms with Crippen LogP contribution in [0.5, 0.6) is 17.2 Å². The van der Waals surface area contributed by atoms with Gasteiger partial charge in [0.25, 0.3) is 5.91 Å². The van der Waals surface area contributed by atoms with E-state index in [9.17, 15) is 4.79 Å². The molecule has 24 heavy (non-hydrogen) atoms. The van der Waals surface area contributed by atoms with Crippen LogP contribution in [0.2, 0.25) is 0 Å². The molecule has 0 fully saturated rings. The first-order chi connectivity index (χ1) is 11.7. The maximum absolute atomic E-state index is 12.3. The van der Waals surface area contributed by atoms with Gasteiger partial charge in [-0.25, -0.2) is 0 Å². The van der Waals surface area contributed by atoms with E-state index in [4.69, 9.17) is 14.2 Å². The molecule has 0 aromatic heterocycles. The van der Waals surface area contributed by atoms with Crippen molar-refractivity contribution in [1.29, 1.82) is 0 Å². The Morgan fingerprint density at radius 1 is 1.21 bits per heavy atom. The Morgan fingerprint density at radius 3 is 2.83 bits per heavy atom. The summed E-state index contributed by atoms with van der Waals surface area (Å²) in [6.45, 7) is 4.47. The minimum absolute atomic E-state index is 0.154. The van der Waals surface area contributed by atoms with Gasteiger partial charge in [0.05, 0.1) is 0 Å². The molecule has 0 saturated heterocycles. The average molecular weight is 327 g/mol. The van der Waals surface area contributed by atoms with E-state index in [1.54, 1.807) is 6.92 Å². The van der Waals surface area contributed by atoms with Gasteiger partial charge in [0.15, 0.2) is 17.6 Å². The van der Waals surface area contributed by atoms with Crippen LogP contribution in [0.15, 0.2) is 42.5 Å². The van der Waals surface area contributed by atoms with Crippen LogP contribution < -0.4 is 19.5 Å². The van der Waals surface area contributed by atoms with Crippen molar-refractivity contribution in [1.82, 2.24) is 5.32 Å². The number of hydrogen-bond acceptors (Lipinski definition) is 4. The van der Waals surface area contributed by atoms with Crippen LogP contribution >= 0.6 is 0 Å². The zero-order valence-corrected chi connectivity index (χ0v) is 13.9. The highest BCUT2D eigenvalue weighted by Gasteiger charge is 2.17. The van der Waals surface area contributed by atoms with Crippen molar-refractivity contribution < 1.29 is 19.0 Å². The van der Waals surface area contributed by atoms with Crippen molar-refractivity contribution in [3.8, 4) is 17.2 Å². The molecule has 1 heterocycles. The molecule has 2 aromatic rings. The number of aryl methyl sites for hydroxylation is 1. The molecule has 1 aliphatic rings. The van der Waals surface area contributed by atoms with E-state index in [-0.39, 0.29) is 12.7 Å². The number of amides is 1. The highest BCUT2D eigenvalue weighted by molar-refractivity contribution is 5.80. The minimum atomic E-state index is -0.563. The Hall–Kier alpha value is -2.69. The summed E-state index contributed by atoms with van der Waals surface area (Å²) in [6, 6.07) is 13.4. The zero-order valence-electron chi connectivity index (χ0n) is 13.9. The topological polar surface area (TPSA) is 56.8 Å². The van der Waals surface area contributed by atoms with Crippen LogP contribution in [0.25, 0.3) is 0 Å². The molecule has 1 amide bonds. The number of fused-ring (bicyclic) bond motifs is 1. The van der Waals surface area contributed by atoms with Gasteiger partial charge in [0, 0.05) is 6.54 Å². The summed E-state index contributed by atoms with van der Waals surface area (Å²) in [4.78, 5) is 12.3. The highest BCUT2D eigenvalue weighted by atomic mass is 16.7. The van der Waals surface area contributed by atoms with Gasteiger partial charge in [-0.05, 0) is 42.7 Å². The van der Waals surface area contributed by atoms with Crippen molar-refractivity contribution in [2.45, 2.75) is 32.9 Å². The normalized spacial score (nSPS) is 13.4. The van der Waals surface area contributed by atoms with Gasteiger partial charge in [-0.2, -0.15) is 0 Å². The van der Waals surface area contributed by atoms with E-state index in [1.807, 2.05) is 42.5 Å². The van der Waals surface area contributed by atoms with Crippen LogP contribution in [0.4, 0.5) is 0 Å². The predicted molar refractivity (Wildman–Crippen MR) is 90.3 cm³/mol. The number of benzene rings is 2. The smallest absolute Gasteiger partial charge is 0.261 e. The van der Waals surface area contributed by atoms with E-state index in [0.29, 0.717) is 12.3 Å². The summed E-state index contributed by atoms with van der Waals surface area (Å²) < 4.78 is 16.4. The van der Waals surface area contributed by atoms with Crippen molar-refractivity contribution in [3.63, 3.8) is 0 Å². The first-order valence-electron chi connectivity index (χ1n) is 8.08. The van der Waals surface area contributed by atoms with Crippen LogP contribution in [0.1, 0.15) is 25.0 Å². The molecule has 0 spiro atoms. The second-order valence-electron chi connectivity index (χ2n) is 5.63. The molecule has 5 heteroatoms. The summed E-state index contributed by atoms with van der Waals surface area (Å²) in [5.74, 6) is 2.05. The van der Waals surface area contributed by atoms with Crippen molar-refractivity contribution >= 4 is 5.91 Å². The number of hydrogen-bond donors (Lipinski definition) is 1. The second-order valence-corrected chi connectivity index (χ2v) is 5.63. The lowest BCUT2D eigenvalue weighted by Gasteiger charge is -2.17. The fraction of sp³-hybridized carbons (Fsp3) is 0.316. The summed E-state index contributed by atoms with van der Waals surface area (Å²) in [5, 5.41) is 2.89. The quantitative estimate of drug-likeness (QED) is 0.886. The fourth-order valence-corrected chi connectivity index (χ4v) is 2.54. The Morgan fingerprint density at radius 2 is 2.00 bits per heavy atom. The molecule has 0 saturated carbocycles. The van der Waals surface area contributed by atoms with Gasteiger partial charge in [-0.1, -0.05) is 31.2 Å². The number of nitrogens with one attached hydrogen (secondary N) is 1. The number of ether oxygens (including phenoxy) is 3. The molecular weight excluding hydrogens is 306 g/mol. The lowest BCUT2D eigenvalue weighted by molar-refractivity contribution is -0.127. The van der Waals surface area contributed by atoms with Crippen LogP contribution in [-0.2, 0) is 17.8 Å². The third kappa shape index (κ3) is 3.62. The summed E-state index contributed by atoms with van der Waals surface area (Å²) >= 11 is 0. The molecule has 0 aliphatic carbocycles. The monoisotopic (exact) mass is 327 g/mol. The number of carbonyl (C=O) groups is 1. The molecule has 0 radical (unpaired) electrons. The molecule has 3 rings (SSSR count). The Labute approximate surface area is 141 Å². The zero-order chi connectivity index (χ0) is 16.9. The Kier molecular flexibility index (Phi) is 4.89. The van der Waals surface area contributed by atoms with Gasteiger partial charge >= 0.3 is 0 Å². The summed E-state index contributed by atoms with van der Waals surface area (Å²) in [7, 11) is 0. The first-order valence-corrected chi connectivity index (χ1v) is 8.08. The lowest BCUT2D eigenvalue weighted by atomic mass is 10.1. The van der Waals surface area contributed by atoms with Crippen molar-refractivity contribution in [2.24, 2.45) is 0 Å². The maximum Gasteiger partial charge on any atom is 0.261 e. The van der Waals surface area contributed by atoms with Gasteiger partial charge in [-0.3, -0.25) is 4.79 Å². The summed E-state index contributed by atoms with van der Waals surface area (Å²) in [5.41, 5.74) is 2.04. The van der Waals surface area contributed by atoms with E-state index >= 15 is 0 Å². The SMILES string of the molecule is CCc1ccccc1O[C@H](C)C(=O)NCc1ccc2c(c1)OCO2. The number of carbonyl (C=O) groups excluding carboxylic acids is 1. The van der Waals surface area contributed by atoms with E-state index in [2.05, 4.69) is 12.2 Å². The molecule has 5 nitrogen and oxygen atoms in total. The van der Waals surface area contributed by atoms with Crippen molar-refractivity contribution in [2.75, 3.05) is 6.79 Å². The van der Waals surface area contributed by atoms with E-state index in [0.717, 1.165) is 29.0 Å². The number of rotatable bonds is 6. The lowest BCUT2D eigenvalue weighted by Crippen LogP contribution is -2.36. The molecule has 0 bridgehead atoms. The second kappa shape index (κ2) is 7.25. The third-order valence-electron chi connectivity index (χ3n) is 3.93. The van der Waals surface area contributed by atoms with Gasteiger partial charge < -0.3 is 19.5 Å². The maximum atomic E-state index is 12.3. The highest BCUT2D eigenvalue weighted by Crippen LogP contribution is 2.32. The molecule has 2 aromatic carbocycles. The standard InChI is InChI=1S/C19H21NO4/c1-3-15-6-4-5-7-16(15)24-13(2)19(21)20-11-14-8-9-17-18(10-14)23-12-22-17/h4-10,13H,3,11-12H2,1-2H3,(H,20,21)/t13-/m1/s1. The molecular formula is C19H21NO4. The summed E-state index contributed by atoms with van der Waals surface area (Å²) in [6.07, 6.45) is 0.300. The molecule has 1 aliphatic heterocycles. The molecule has 1 atom stereocenters. The molecule has 126 valence electrons. The van der Waals surface area contributed by atoms with Crippen LogP contribution in [-0.4, -0.2) is 18.8 Å². The average Bonchev–Trinajstić information content (AvgIpc) is 3.07. The van der Waals surface area contributed by atoms with Crippen LogP contribution in [0, 0.1) is 0 Å².